The number of aromatic nitrogens is 1. The molecule has 1 aromatic carbocycles. The molecular weight excluding hydrogens is 431 g/mol. The van der Waals surface area contributed by atoms with Crippen molar-refractivity contribution in [3.05, 3.63) is 62.9 Å². The number of amides is 3. The summed E-state index contributed by atoms with van der Waals surface area (Å²) < 4.78 is 0. The lowest BCUT2D eigenvalue weighted by atomic mass is 10.2. The van der Waals surface area contributed by atoms with Gasteiger partial charge in [-0.1, -0.05) is 53.0 Å². The number of benzene rings is 1. The number of nitrogens with one attached hydrogen (secondary N) is 3. The van der Waals surface area contributed by atoms with Gasteiger partial charge in [-0.05, 0) is 11.6 Å². The van der Waals surface area contributed by atoms with Gasteiger partial charge in [-0.15, -0.1) is 0 Å². The molecule has 0 saturated carbocycles. The molecule has 1 aromatic heterocycles. The number of carbonyl (C=O) groups is 3. The lowest BCUT2D eigenvalue weighted by Gasteiger charge is -2.16. The van der Waals surface area contributed by atoms with Crippen LogP contribution >= 0.6 is 34.8 Å². The number of carboxylic acids is 1. The normalized spacial score (nSPS) is 11.4. The standard InChI is InChI=1S/C17H15Cl3N4O4/c18-10-4-2-1-3-9(10)5-22-17(28)23-8-13(16(26)27)24-15(25)14-11(19)6-21-7-12(14)20/h1-4,6-7,13H,5,8H2,(H,24,25)(H,26,27)(H2,22,23,28)/t13-/m0/s1. The largest absolute Gasteiger partial charge is 0.480 e. The zero-order valence-electron chi connectivity index (χ0n) is 14.2. The molecule has 28 heavy (non-hydrogen) atoms. The van der Waals surface area contributed by atoms with Crippen molar-refractivity contribution in [1.82, 2.24) is 20.9 Å². The molecule has 0 saturated heterocycles. The molecule has 2 aromatic rings. The molecule has 0 spiro atoms. The summed E-state index contributed by atoms with van der Waals surface area (Å²) in [5.41, 5.74) is 0.595. The van der Waals surface area contributed by atoms with E-state index in [-0.39, 0.29) is 28.7 Å². The van der Waals surface area contributed by atoms with Gasteiger partial charge in [0.1, 0.15) is 6.04 Å². The molecule has 148 valence electrons. The third-order valence-corrected chi connectivity index (χ3v) is 4.49. The van der Waals surface area contributed by atoms with E-state index in [2.05, 4.69) is 20.9 Å². The fourth-order valence-corrected chi connectivity index (χ4v) is 2.87. The highest BCUT2D eigenvalue weighted by atomic mass is 35.5. The van der Waals surface area contributed by atoms with Crippen molar-refractivity contribution in [3.8, 4) is 0 Å². The number of hydrogen-bond acceptors (Lipinski definition) is 4. The number of urea groups is 1. The second-order valence-electron chi connectivity index (χ2n) is 5.50. The van der Waals surface area contributed by atoms with Crippen LogP contribution in [-0.2, 0) is 11.3 Å². The number of hydrogen-bond donors (Lipinski definition) is 4. The average molecular weight is 446 g/mol. The summed E-state index contributed by atoms with van der Waals surface area (Å²) in [6.45, 7) is -0.215. The van der Waals surface area contributed by atoms with Crippen LogP contribution in [0.5, 0.6) is 0 Å². The Balaban J connectivity index is 1.92. The summed E-state index contributed by atoms with van der Waals surface area (Å²) in [6, 6.07) is 4.92. The highest BCUT2D eigenvalue weighted by molar-refractivity contribution is 6.39. The van der Waals surface area contributed by atoms with Crippen LogP contribution in [0.4, 0.5) is 4.79 Å². The van der Waals surface area contributed by atoms with Crippen LogP contribution in [0.15, 0.2) is 36.7 Å². The van der Waals surface area contributed by atoms with Crippen LogP contribution < -0.4 is 16.0 Å². The van der Waals surface area contributed by atoms with Crippen molar-refractivity contribution in [2.24, 2.45) is 0 Å². The number of carboxylic acid groups (broad SMARTS) is 1. The second kappa shape index (κ2) is 10.1. The van der Waals surface area contributed by atoms with Crippen LogP contribution in [0.2, 0.25) is 15.1 Å². The summed E-state index contributed by atoms with van der Waals surface area (Å²) >= 11 is 17.8. The molecule has 0 aliphatic carbocycles. The zero-order chi connectivity index (χ0) is 20.7. The lowest BCUT2D eigenvalue weighted by Crippen LogP contribution is -2.50. The maximum Gasteiger partial charge on any atom is 0.328 e. The molecule has 2 rings (SSSR count). The topological polar surface area (TPSA) is 120 Å². The second-order valence-corrected chi connectivity index (χ2v) is 6.72. The number of rotatable bonds is 7. The van der Waals surface area contributed by atoms with Gasteiger partial charge < -0.3 is 21.1 Å². The molecule has 0 aliphatic rings. The van der Waals surface area contributed by atoms with Gasteiger partial charge in [0, 0.05) is 24.0 Å². The summed E-state index contributed by atoms with van der Waals surface area (Å²) in [7, 11) is 0. The molecule has 0 fully saturated rings. The van der Waals surface area contributed by atoms with E-state index in [1.54, 1.807) is 24.3 Å². The molecule has 0 unspecified atom stereocenters. The molecular formula is C17H15Cl3N4O4. The highest BCUT2D eigenvalue weighted by Crippen LogP contribution is 2.22. The molecule has 8 nitrogen and oxygen atoms in total. The van der Waals surface area contributed by atoms with Crippen LogP contribution in [0.25, 0.3) is 0 Å². The van der Waals surface area contributed by atoms with Gasteiger partial charge in [-0.2, -0.15) is 0 Å². The van der Waals surface area contributed by atoms with Crippen LogP contribution in [0.3, 0.4) is 0 Å². The number of nitrogens with zero attached hydrogens (tertiary/aromatic N) is 1. The number of pyridine rings is 1. The zero-order valence-corrected chi connectivity index (χ0v) is 16.5. The predicted octanol–water partition coefficient (Wildman–Crippen LogP) is 2.72. The first-order valence-electron chi connectivity index (χ1n) is 7.87. The van der Waals surface area contributed by atoms with Crippen molar-refractivity contribution in [3.63, 3.8) is 0 Å². The van der Waals surface area contributed by atoms with Gasteiger partial charge in [-0.25, -0.2) is 9.59 Å². The van der Waals surface area contributed by atoms with E-state index < -0.39 is 23.9 Å². The van der Waals surface area contributed by atoms with E-state index in [1.807, 2.05) is 0 Å². The van der Waals surface area contributed by atoms with Gasteiger partial charge in [0.15, 0.2) is 0 Å². The lowest BCUT2D eigenvalue weighted by molar-refractivity contribution is -0.139. The minimum absolute atomic E-state index is 0.0282. The van der Waals surface area contributed by atoms with Crippen molar-refractivity contribution < 1.29 is 19.5 Å². The third kappa shape index (κ3) is 5.98. The van der Waals surface area contributed by atoms with E-state index >= 15 is 0 Å². The molecule has 11 heteroatoms. The summed E-state index contributed by atoms with van der Waals surface area (Å²) in [4.78, 5) is 39.3. The smallest absolute Gasteiger partial charge is 0.328 e. The molecule has 1 heterocycles. The molecule has 0 radical (unpaired) electrons. The van der Waals surface area contributed by atoms with Crippen LogP contribution in [-0.4, -0.2) is 40.6 Å². The highest BCUT2D eigenvalue weighted by Gasteiger charge is 2.24. The van der Waals surface area contributed by atoms with E-state index in [9.17, 15) is 19.5 Å². The first kappa shape index (κ1) is 21.7. The minimum atomic E-state index is -1.40. The minimum Gasteiger partial charge on any atom is -0.480 e. The fourth-order valence-electron chi connectivity index (χ4n) is 2.13. The van der Waals surface area contributed by atoms with Crippen molar-refractivity contribution >= 4 is 52.7 Å². The van der Waals surface area contributed by atoms with Gasteiger partial charge in [-0.3, -0.25) is 9.78 Å². The van der Waals surface area contributed by atoms with E-state index in [1.165, 1.54) is 12.4 Å². The van der Waals surface area contributed by atoms with E-state index in [4.69, 9.17) is 34.8 Å². The molecule has 4 N–H and O–H groups in total. The Bertz CT molecular complexity index is 874. The first-order valence-corrected chi connectivity index (χ1v) is 9.00. The maximum absolute atomic E-state index is 12.3. The van der Waals surface area contributed by atoms with Gasteiger partial charge in [0.2, 0.25) is 0 Å². The van der Waals surface area contributed by atoms with Gasteiger partial charge in [0.25, 0.3) is 5.91 Å². The number of aliphatic carboxylic acids is 1. The van der Waals surface area contributed by atoms with Gasteiger partial charge >= 0.3 is 12.0 Å². The Kier molecular flexibility index (Phi) is 7.86. The van der Waals surface area contributed by atoms with Crippen LogP contribution in [0, 0.1) is 0 Å². The average Bonchev–Trinajstić information content (AvgIpc) is 2.64. The Labute approximate surface area is 175 Å². The van der Waals surface area contributed by atoms with Crippen molar-refractivity contribution in [2.75, 3.05) is 6.54 Å². The molecule has 1 atom stereocenters. The molecule has 0 aliphatic heterocycles. The number of halogens is 3. The Morgan fingerprint density at radius 3 is 2.25 bits per heavy atom. The first-order chi connectivity index (χ1) is 13.3. The third-order valence-electron chi connectivity index (χ3n) is 3.55. The Morgan fingerprint density at radius 1 is 1.00 bits per heavy atom. The number of carbonyl (C=O) groups excluding carboxylic acids is 2. The monoisotopic (exact) mass is 444 g/mol. The quantitative estimate of drug-likeness (QED) is 0.522. The van der Waals surface area contributed by atoms with Gasteiger partial charge in [0.05, 0.1) is 22.2 Å². The Hall–Kier alpha value is -2.55. The Morgan fingerprint density at radius 2 is 1.64 bits per heavy atom. The predicted molar refractivity (Wildman–Crippen MR) is 105 cm³/mol. The van der Waals surface area contributed by atoms with Crippen molar-refractivity contribution in [1.29, 1.82) is 0 Å². The summed E-state index contributed by atoms with van der Waals surface area (Å²) in [5, 5.41) is 16.9. The van der Waals surface area contributed by atoms with Crippen molar-refractivity contribution in [2.45, 2.75) is 12.6 Å². The summed E-state index contributed by atoms with van der Waals surface area (Å²) in [6.07, 6.45) is 2.41. The molecule has 3 amide bonds. The molecule has 0 bridgehead atoms. The van der Waals surface area contributed by atoms with Crippen LogP contribution in [0.1, 0.15) is 15.9 Å². The summed E-state index contributed by atoms with van der Waals surface area (Å²) in [5.74, 6) is -2.15. The van der Waals surface area contributed by atoms with E-state index in [0.717, 1.165) is 0 Å². The van der Waals surface area contributed by atoms with E-state index in [0.29, 0.717) is 10.6 Å². The maximum atomic E-state index is 12.3. The SMILES string of the molecule is O=C(NCc1ccccc1Cl)NC[C@H](NC(=O)c1c(Cl)cncc1Cl)C(=O)O. The fraction of sp³-hybridized carbons (Fsp3) is 0.176.